The third kappa shape index (κ3) is 7.01. The maximum Gasteiger partial charge on any atom is 0.238 e. The number of nitrogens with zero attached hydrogens (tertiary/aromatic N) is 1. The van der Waals surface area contributed by atoms with Crippen molar-refractivity contribution in [2.24, 2.45) is 10.7 Å². The zero-order valence-electron chi connectivity index (χ0n) is 12.9. The van der Waals surface area contributed by atoms with Crippen molar-refractivity contribution in [1.29, 1.82) is 0 Å². The van der Waals surface area contributed by atoms with Gasteiger partial charge in [-0.25, -0.2) is 0 Å². The van der Waals surface area contributed by atoms with Crippen molar-refractivity contribution in [2.45, 2.75) is 0 Å². The fraction of sp³-hybridized carbons (Fsp3) is 0.118. The summed E-state index contributed by atoms with van der Waals surface area (Å²) in [5.74, 6) is -0.293. The van der Waals surface area contributed by atoms with Crippen LogP contribution >= 0.6 is 0 Å². The summed E-state index contributed by atoms with van der Waals surface area (Å²) in [5, 5.41) is 5.44. The largest absolute Gasteiger partial charge is 0.346 e. The molecule has 23 heavy (non-hydrogen) atoms. The first-order valence-corrected chi connectivity index (χ1v) is 6.97. The van der Waals surface area contributed by atoms with Gasteiger partial charge in [0, 0.05) is 18.3 Å². The quantitative estimate of drug-likeness (QED) is 0.448. The van der Waals surface area contributed by atoms with Crippen LogP contribution in [0.25, 0.3) is 0 Å². The zero-order chi connectivity index (χ0) is 16.9. The smallest absolute Gasteiger partial charge is 0.238 e. The van der Waals surface area contributed by atoms with Gasteiger partial charge in [-0.05, 0) is 18.2 Å². The van der Waals surface area contributed by atoms with Gasteiger partial charge in [-0.1, -0.05) is 36.4 Å². The van der Waals surface area contributed by atoms with E-state index in [0.29, 0.717) is 16.9 Å². The van der Waals surface area contributed by atoms with E-state index >= 15 is 0 Å². The number of carbonyl (C=O) groups excluding carboxylic acids is 2. The van der Waals surface area contributed by atoms with Gasteiger partial charge in [-0.15, -0.1) is 0 Å². The number of hydrogen-bond acceptors (Lipinski definition) is 4. The fourth-order valence-corrected chi connectivity index (χ4v) is 1.59. The summed E-state index contributed by atoms with van der Waals surface area (Å²) >= 11 is 0. The van der Waals surface area contributed by atoms with E-state index in [2.05, 4.69) is 15.6 Å². The number of amides is 1. The number of nitrogens with two attached hydrogens (primary N) is 1. The molecule has 0 saturated heterocycles. The van der Waals surface area contributed by atoms with Crippen LogP contribution in [0.1, 0.15) is 10.4 Å². The maximum atomic E-state index is 11.1. The van der Waals surface area contributed by atoms with Gasteiger partial charge < -0.3 is 16.4 Å². The fourth-order valence-electron chi connectivity index (χ4n) is 1.59. The Balaban J connectivity index is 0.000000366. The van der Waals surface area contributed by atoms with E-state index in [0.717, 1.165) is 6.29 Å². The van der Waals surface area contributed by atoms with Crippen LogP contribution in [0, 0.1) is 0 Å². The van der Waals surface area contributed by atoms with Gasteiger partial charge in [-0.3, -0.25) is 14.6 Å². The van der Waals surface area contributed by atoms with Crippen LogP contribution < -0.4 is 16.4 Å². The summed E-state index contributed by atoms with van der Waals surface area (Å²) in [5.41, 5.74) is 6.81. The van der Waals surface area contributed by atoms with Gasteiger partial charge in [0.05, 0.1) is 18.6 Å². The molecular formula is C17H20N4O2. The van der Waals surface area contributed by atoms with Crippen LogP contribution in [0.15, 0.2) is 59.6 Å². The van der Waals surface area contributed by atoms with Crippen molar-refractivity contribution in [3.05, 3.63) is 60.2 Å². The highest BCUT2D eigenvalue weighted by molar-refractivity contribution is 5.95. The van der Waals surface area contributed by atoms with Crippen molar-refractivity contribution in [1.82, 2.24) is 0 Å². The maximum absolute atomic E-state index is 11.1. The predicted molar refractivity (Wildman–Crippen MR) is 94.0 cm³/mol. The second-order valence-corrected chi connectivity index (χ2v) is 4.36. The summed E-state index contributed by atoms with van der Waals surface area (Å²) in [4.78, 5) is 25.7. The Labute approximate surface area is 135 Å². The minimum absolute atomic E-state index is 0.0887. The first-order chi connectivity index (χ1) is 11.2. The summed E-state index contributed by atoms with van der Waals surface area (Å²) in [6.07, 6.45) is 2.18. The highest BCUT2D eigenvalue weighted by Gasteiger charge is 2.04. The van der Waals surface area contributed by atoms with Crippen molar-refractivity contribution < 1.29 is 9.59 Å². The Morgan fingerprint density at radius 3 is 2.26 bits per heavy atom. The van der Waals surface area contributed by atoms with Gasteiger partial charge in [-0.2, -0.15) is 0 Å². The Bertz CT molecular complexity index is 616. The molecule has 0 spiro atoms. The van der Waals surface area contributed by atoms with E-state index in [1.54, 1.807) is 25.2 Å². The molecule has 2 aromatic rings. The highest BCUT2D eigenvalue weighted by atomic mass is 16.1. The lowest BCUT2D eigenvalue weighted by atomic mass is 10.1. The molecule has 0 atom stereocenters. The highest BCUT2D eigenvalue weighted by Crippen LogP contribution is 2.19. The van der Waals surface area contributed by atoms with Crippen LogP contribution in [-0.4, -0.2) is 32.1 Å². The molecule has 2 rings (SSSR count). The molecule has 0 radical (unpaired) electrons. The Kier molecular flexibility index (Phi) is 8.40. The average molecular weight is 312 g/mol. The molecule has 6 nitrogen and oxygen atoms in total. The number of anilines is 2. The lowest BCUT2D eigenvalue weighted by Crippen LogP contribution is -2.21. The molecule has 6 heteroatoms. The van der Waals surface area contributed by atoms with E-state index in [-0.39, 0.29) is 12.5 Å². The molecule has 0 heterocycles. The van der Waals surface area contributed by atoms with Crippen LogP contribution in [0.5, 0.6) is 0 Å². The Morgan fingerprint density at radius 2 is 1.78 bits per heavy atom. The molecule has 4 N–H and O–H groups in total. The molecule has 1 amide bonds. The van der Waals surface area contributed by atoms with Gasteiger partial charge in [0.25, 0.3) is 0 Å². The molecule has 0 saturated carbocycles. The standard InChI is InChI=1S/C11H14N4O2.C6H6/c1-13-7-14-10-4-9(15-11(17)5-12)3-2-8(10)6-16;1-2-4-6-5-3-1/h2-4,6-7H,5,12H2,1H3,(H,13,14)(H,15,17);1-6H. The summed E-state index contributed by atoms with van der Waals surface area (Å²) in [6.45, 7) is -0.0887. The third-order valence-corrected chi connectivity index (χ3v) is 2.67. The first-order valence-electron chi connectivity index (χ1n) is 6.97. The number of aldehydes is 1. The molecular weight excluding hydrogens is 292 g/mol. The van der Waals surface area contributed by atoms with E-state index in [1.807, 2.05) is 36.4 Å². The van der Waals surface area contributed by atoms with Crippen LogP contribution in [0.4, 0.5) is 11.4 Å². The molecule has 2 aromatic carbocycles. The van der Waals surface area contributed by atoms with Gasteiger partial charge >= 0.3 is 0 Å². The molecule has 0 aliphatic carbocycles. The number of nitrogens with one attached hydrogen (secondary N) is 2. The monoisotopic (exact) mass is 312 g/mol. The third-order valence-electron chi connectivity index (χ3n) is 2.67. The van der Waals surface area contributed by atoms with Crippen LogP contribution in [0.2, 0.25) is 0 Å². The van der Waals surface area contributed by atoms with Crippen molar-refractivity contribution >= 4 is 29.9 Å². The van der Waals surface area contributed by atoms with E-state index < -0.39 is 0 Å². The minimum Gasteiger partial charge on any atom is -0.346 e. The second-order valence-electron chi connectivity index (χ2n) is 4.36. The number of aliphatic imine (C=N–C) groups is 1. The summed E-state index contributed by atoms with van der Waals surface area (Å²) < 4.78 is 0. The molecule has 0 fully saturated rings. The van der Waals surface area contributed by atoms with Gasteiger partial charge in [0.15, 0.2) is 6.29 Å². The molecule has 0 bridgehead atoms. The van der Waals surface area contributed by atoms with Gasteiger partial charge in [0.2, 0.25) is 5.91 Å². The Morgan fingerprint density at radius 1 is 1.17 bits per heavy atom. The van der Waals surface area contributed by atoms with E-state index in [1.165, 1.54) is 6.34 Å². The van der Waals surface area contributed by atoms with Crippen LogP contribution in [-0.2, 0) is 4.79 Å². The van der Waals surface area contributed by atoms with Crippen molar-refractivity contribution in [2.75, 3.05) is 24.2 Å². The van der Waals surface area contributed by atoms with Crippen LogP contribution in [0.3, 0.4) is 0 Å². The number of rotatable bonds is 5. The van der Waals surface area contributed by atoms with Crippen molar-refractivity contribution in [3.63, 3.8) is 0 Å². The topological polar surface area (TPSA) is 96.6 Å². The number of carbonyl (C=O) groups is 2. The first kappa shape index (κ1) is 18.1. The van der Waals surface area contributed by atoms with E-state index in [9.17, 15) is 9.59 Å². The predicted octanol–water partition coefficient (Wildman–Crippen LogP) is 2.15. The molecule has 0 aromatic heterocycles. The SMILES string of the molecule is CN=CNc1cc(NC(=O)CN)ccc1C=O.c1ccccc1. The number of hydrogen-bond donors (Lipinski definition) is 3. The van der Waals surface area contributed by atoms with E-state index in [4.69, 9.17) is 5.73 Å². The Hall–Kier alpha value is -2.99. The average Bonchev–Trinajstić information content (AvgIpc) is 2.62. The van der Waals surface area contributed by atoms with Gasteiger partial charge in [0.1, 0.15) is 0 Å². The number of benzene rings is 2. The molecule has 0 aliphatic rings. The minimum atomic E-state index is -0.293. The molecule has 0 unspecified atom stereocenters. The lowest BCUT2D eigenvalue weighted by molar-refractivity contribution is -0.114. The summed E-state index contributed by atoms with van der Waals surface area (Å²) in [6, 6.07) is 16.9. The van der Waals surface area contributed by atoms with Crippen molar-refractivity contribution in [3.8, 4) is 0 Å². The zero-order valence-corrected chi connectivity index (χ0v) is 12.9. The second kappa shape index (κ2) is 10.7. The normalized spacial score (nSPS) is 9.65. The summed E-state index contributed by atoms with van der Waals surface area (Å²) in [7, 11) is 1.60. The lowest BCUT2D eigenvalue weighted by Gasteiger charge is -2.08. The molecule has 120 valence electrons. The molecule has 0 aliphatic heterocycles.